The number of rotatable bonds is 5. The van der Waals surface area contributed by atoms with E-state index >= 15 is 0 Å². The SMILES string of the molecule is CC(C)Sc1cccc(C=O)c1SC(C)C. The fourth-order valence-corrected chi connectivity index (χ4v) is 3.42. The van der Waals surface area contributed by atoms with Gasteiger partial charge in [0.2, 0.25) is 0 Å². The van der Waals surface area contributed by atoms with E-state index in [1.165, 1.54) is 4.90 Å². The van der Waals surface area contributed by atoms with E-state index in [9.17, 15) is 4.79 Å². The largest absolute Gasteiger partial charge is 0.298 e. The molecule has 0 N–H and O–H groups in total. The van der Waals surface area contributed by atoms with Gasteiger partial charge in [-0.05, 0) is 6.07 Å². The second kappa shape index (κ2) is 6.36. The van der Waals surface area contributed by atoms with E-state index in [1.54, 1.807) is 11.8 Å². The molecule has 0 saturated heterocycles. The Labute approximate surface area is 106 Å². The third-order valence-corrected chi connectivity index (χ3v) is 4.21. The van der Waals surface area contributed by atoms with E-state index in [0.29, 0.717) is 10.5 Å². The van der Waals surface area contributed by atoms with Crippen LogP contribution in [-0.2, 0) is 0 Å². The van der Waals surface area contributed by atoms with Gasteiger partial charge in [-0.1, -0.05) is 39.8 Å². The molecule has 1 aromatic carbocycles. The second-order valence-corrected chi connectivity index (χ2v) is 7.33. The van der Waals surface area contributed by atoms with Gasteiger partial charge in [0.15, 0.2) is 6.29 Å². The minimum atomic E-state index is 0.493. The van der Waals surface area contributed by atoms with E-state index in [4.69, 9.17) is 0 Å². The minimum absolute atomic E-state index is 0.493. The Kier molecular flexibility index (Phi) is 5.42. The molecule has 16 heavy (non-hydrogen) atoms. The molecule has 1 rings (SSSR count). The summed E-state index contributed by atoms with van der Waals surface area (Å²) in [7, 11) is 0. The Morgan fingerprint density at radius 2 is 1.69 bits per heavy atom. The fourth-order valence-electron chi connectivity index (χ4n) is 1.33. The highest BCUT2D eigenvalue weighted by molar-refractivity contribution is 8.03. The smallest absolute Gasteiger partial charge is 0.151 e. The molecule has 0 fully saturated rings. The summed E-state index contributed by atoms with van der Waals surface area (Å²) >= 11 is 3.58. The van der Waals surface area contributed by atoms with Gasteiger partial charge in [0.05, 0.1) is 0 Å². The Bertz CT molecular complexity index is 359. The lowest BCUT2D eigenvalue weighted by atomic mass is 10.2. The van der Waals surface area contributed by atoms with Gasteiger partial charge < -0.3 is 0 Å². The molecule has 0 unspecified atom stereocenters. The van der Waals surface area contributed by atoms with Crippen molar-refractivity contribution in [2.75, 3.05) is 0 Å². The molecule has 0 amide bonds. The Morgan fingerprint density at radius 1 is 1.06 bits per heavy atom. The highest BCUT2D eigenvalue weighted by atomic mass is 32.2. The van der Waals surface area contributed by atoms with Gasteiger partial charge >= 0.3 is 0 Å². The first kappa shape index (κ1) is 13.7. The lowest BCUT2D eigenvalue weighted by Crippen LogP contribution is -1.95. The van der Waals surface area contributed by atoms with Crippen LogP contribution in [0.15, 0.2) is 28.0 Å². The van der Waals surface area contributed by atoms with Gasteiger partial charge in [0.25, 0.3) is 0 Å². The predicted molar refractivity (Wildman–Crippen MR) is 73.8 cm³/mol. The second-order valence-electron chi connectivity index (χ2n) is 4.13. The average molecular weight is 254 g/mol. The van der Waals surface area contributed by atoms with Crippen LogP contribution in [0.4, 0.5) is 0 Å². The van der Waals surface area contributed by atoms with E-state index < -0.39 is 0 Å². The molecule has 0 aliphatic heterocycles. The molecule has 0 aromatic heterocycles. The van der Waals surface area contributed by atoms with Crippen molar-refractivity contribution in [3.8, 4) is 0 Å². The molecule has 3 heteroatoms. The van der Waals surface area contributed by atoms with Crippen LogP contribution in [0.5, 0.6) is 0 Å². The van der Waals surface area contributed by atoms with Crippen molar-refractivity contribution in [2.24, 2.45) is 0 Å². The normalized spacial score (nSPS) is 11.1. The predicted octanol–water partition coefficient (Wildman–Crippen LogP) is 4.50. The van der Waals surface area contributed by atoms with Crippen LogP contribution in [0.25, 0.3) is 0 Å². The van der Waals surface area contributed by atoms with E-state index in [-0.39, 0.29) is 0 Å². The first-order valence-electron chi connectivity index (χ1n) is 5.46. The van der Waals surface area contributed by atoms with Crippen molar-refractivity contribution in [1.29, 1.82) is 0 Å². The number of thioether (sulfide) groups is 2. The Balaban J connectivity index is 3.09. The van der Waals surface area contributed by atoms with Gasteiger partial charge in [-0.2, -0.15) is 0 Å². The van der Waals surface area contributed by atoms with Crippen LogP contribution < -0.4 is 0 Å². The molecule has 0 radical (unpaired) electrons. The van der Waals surface area contributed by atoms with Gasteiger partial charge in [-0.3, -0.25) is 4.79 Å². The lowest BCUT2D eigenvalue weighted by molar-refractivity contribution is 0.112. The first-order chi connectivity index (χ1) is 7.54. The molecule has 0 heterocycles. The van der Waals surface area contributed by atoms with Gasteiger partial charge in [-0.15, -0.1) is 23.5 Å². The quantitative estimate of drug-likeness (QED) is 0.569. The maximum Gasteiger partial charge on any atom is 0.151 e. The number of aldehydes is 1. The third-order valence-electron chi connectivity index (χ3n) is 1.85. The molecular weight excluding hydrogens is 236 g/mol. The van der Waals surface area contributed by atoms with Crippen LogP contribution in [0, 0.1) is 0 Å². The van der Waals surface area contributed by atoms with Crippen molar-refractivity contribution in [3.05, 3.63) is 23.8 Å². The van der Waals surface area contributed by atoms with Crippen LogP contribution >= 0.6 is 23.5 Å². The zero-order valence-corrected chi connectivity index (χ0v) is 11.8. The van der Waals surface area contributed by atoms with Crippen molar-refractivity contribution in [3.63, 3.8) is 0 Å². The first-order valence-corrected chi connectivity index (χ1v) is 7.22. The minimum Gasteiger partial charge on any atom is -0.298 e. The van der Waals surface area contributed by atoms with Crippen LogP contribution in [0.2, 0.25) is 0 Å². The molecular formula is C13H18OS2. The number of benzene rings is 1. The van der Waals surface area contributed by atoms with Gasteiger partial charge in [0.1, 0.15) is 0 Å². The monoisotopic (exact) mass is 254 g/mol. The molecule has 0 aliphatic carbocycles. The maximum absolute atomic E-state index is 11.0. The lowest BCUT2D eigenvalue weighted by Gasteiger charge is -2.14. The van der Waals surface area contributed by atoms with Crippen molar-refractivity contribution < 1.29 is 4.79 Å². The summed E-state index contributed by atoms with van der Waals surface area (Å²) in [4.78, 5) is 13.4. The number of hydrogen-bond donors (Lipinski definition) is 0. The molecule has 0 bridgehead atoms. The highest BCUT2D eigenvalue weighted by Crippen LogP contribution is 2.37. The van der Waals surface area contributed by atoms with E-state index in [2.05, 4.69) is 33.8 Å². The summed E-state index contributed by atoms with van der Waals surface area (Å²) in [6, 6.07) is 5.95. The summed E-state index contributed by atoms with van der Waals surface area (Å²) in [5.74, 6) is 0. The van der Waals surface area contributed by atoms with E-state index in [1.807, 2.05) is 23.9 Å². The van der Waals surface area contributed by atoms with Crippen molar-refractivity contribution in [2.45, 2.75) is 48.0 Å². The maximum atomic E-state index is 11.0. The number of hydrogen-bond acceptors (Lipinski definition) is 3. The summed E-state index contributed by atoms with van der Waals surface area (Å²) in [5.41, 5.74) is 0.810. The van der Waals surface area contributed by atoms with Crippen LogP contribution in [-0.4, -0.2) is 16.8 Å². The topological polar surface area (TPSA) is 17.1 Å². The Morgan fingerprint density at radius 3 is 2.19 bits per heavy atom. The molecule has 88 valence electrons. The van der Waals surface area contributed by atoms with Gasteiger partial charge in [0, 0.05) is 25.9 Å². The summed E-state index contributed by atoms with van der Waals surface area (Å²) < 4.78 is 0. The molecule has 0 saturated carbocycles. The summed E-state index contributed by atoms with van der Waals surface area (Å²) in [6.07, 6.45) is 0.953. The molecule has 1 nitrogen and oxygen atoms in total. The molecule has 0 atom stereocenters. The third kappa shape index (κ3) is 3.87. The Hall–Kier alpha value is -0.410. The van der Waals surface area contributed by atoms with Crippen LogP contribution in [0.1, 0.15) is 38.1 Å². The molecule has 0 spiro atoms. The van der Waals surface area contributed by atoms with E-state index in [0.717, 1.165) is 16.7 Å². The average Bonchev–Trinajstić information content (AvgIpc) is 2.19. The molecule has 0 aliphatic rings. The van der Waals surface area contributed by atoms with Crippen molar-refractivity contribution >= 4 is 29.8 Å². The number of carbonyl (C=O) groups excluding carboxylic acids is 1. The van der Waals surface area contributed by atoms with Crippen molar-refractivity contribution in [1.82, 2.24) is 0 Å². The fraction of sp³-hybridized carbons (Fsp3) is 0.462. The summed E-state index contributed by atoms with van der Waals surface area (Å²) in [6.45, 7) is 8.64. The highest BCUT2D eigenvalue weighted by Gasteiger charge is 2.11. The number of carbonyl (C=O) groups is 1. The van der Waals surface area contributed by atoms with Gasteiger partial charge in [-0.25, -0.2) is 0 Å². The zero-order chi connectivity index (χ0) is 12.1. The summed E-state index contributed by atoms with van der Waals surface area (Å²) in [5, 5.41) is 1.03. The zero-order valence-electron chi connectivity index (χ0n) is 10.2. The molecule has 1 aromatic rings. The standard InChI is InChI=1S/C13H18OS2/c1-9(2)15-12-7-5-6-11(8-14)13(12)16-10(3)4/h5-10H,1-4H3. The van der Waals surface area contributed by atoms with Crippen LogP contribution in [0.3, 0.4) is 0 Å².